The van der Waals surface area contributed by atoms with Crippen molar-refractivity contribution in [1.29, 1.82) is 0 Å². The average molecular weight is 212 g/mol. The normalized spacial score (nSPS) is 28.0. The lowest BCUT2D eigenvalue weighted by atomic mass is 10.1. The van der Waals surface area contributed by atoms with Crippen molar-refractivity contribution in [1.82, 2.24) is 9.80 Å². The Labute approximate surface area is 89.5 Å². The maximum Gasteiger partial charge on any atom is 0.240 e. The summed E-state index contributed by atoms with van der Waals surface area (Å²) >= 11 is 0. The molecule has 84 valence electrons. The molecule has 0 bridgehead atoms. The van der Waals surface area contributed by atoms with Crippen molar-refractivity contribution in [2.45, 2.75) is 25.3 Å². The van der Waals surface area contributed by atoms with Crippen molar-refractivity contribution in [3.8, 4) is 0 Å². The van der Waals surface area contributed by atoms with Crippen LogP contribution in [0.4, 0.5) is 4.39 Å². The molecule has 2 aliphatic rings. The highest BCUT2D eigenvalue weighted by atomic mass is 19.1. The van der Waals surface area contributed by atoms with Crippen molar-refractivity contribution in [2.75, 3.05) is 26.7 Å². The second kappa shape index (κ2) is 4.31. The van der Waals surface area contributed by atoms with Gasteiger partial charge < -0.3 is 4.90 Å². The lowest BCUT2D eigenvalue weighted by molar-refractivity contribution is -0.135. The largest absolute Gasteiger partial charge is 0.334 e. The van der Waals surface area contributed by atoms with Crippen LogP contribution in [-0.2, 0) is 4.79 Å². The first-order valence-electron chi connectivity index (χ1n) is 5.52. The summed E-state index contributed by atoms with van der Waals surface area (Å²) in [6.07, 6.45) is 4.20. The second-order valence-electron chi connectivity index (χ2n) is 4.34. The SMILES string of the molecule is CN1CCC[C@H]1C(=O)N1CCC=C(F)C1. The number of halogens is 1. The number of carbonyl (C=O) groups is 1. The third-order valence-electron chi connectivity index (χ3n) is 3.22. The van der Waals surface area contributed by atoms with E-state index in [1.54, 1.807) is 11.0 Å². The fourth-order valence-corrected chi connectivity index (χ4v) is 2.32. The summed E-state index contributed by atoms with van der Waals surface area (Å²) in [4.78, 5) is 15.8. The summed E-state index contributed by atoms with van der Waals surface area (Å²) in [5.74, 6) is -0.0755. The Morgan fingerprint density at radius 3 is 2.93 bits per heavy atom. The first-order chi connectivity index (χ1) is 7.18. The molecule has 2 heterocycles. The molecule has 0 radical (unpaired) electrons. The molecule has 1 fully saturated rings. The van der Waals surface area contributed by atoms with E-state index in [2.05, 4.69) is 4.90 Å². The molecular weight excluding hydrogens is 195 g/mol. The van der Waals surface area contributed by atoms with Crippen molar-refractivity contribution in [3.63, 3.8) is 0 Å². The van der Waals surface area contributed by atoms with Gasteiger partial charge in [-0.2, -0.15) is 0 Å². The van der Waals surface area contributed by atoms with Gasteiger partial charge in [-0.1, -0.05) is 0 Å². The molecule has 2 aliphatic heterocycles. The predicted octanol–water partition coefficient (Wildman–Crippen LogP) is 1.17. The smallest absolute Gasteiger partial charge is 0.240 e. The molecule has 4 heteroatoms. The first kappa shape index (κ1) is 10.6. The minimum Gasteiger partial charge on any atom is -0.334 e. The molecule has 0 aromatic heterocycles. The summed E-state index contributed by atoms with van der Waals surface area (Å²) in [6, 6.07) is -0.0177. The lowest BCUT2D eigenvalue weighted by Crippen LogP contribution is -2.46. The Morgan fingerprint density at radius 1 is 1.53 bits per heavy atom. The van der Waals surface area contributed by atoms with Gasteiger partial charge in [0.25, 0.3) is 0 Å². The van der Waals surface area contributed by atoms with E-state index in [0.717, 1.165) is 19.4 Å². The van der Waals surface area contributed by atoms with Gasteiger partial charge in [-0.3, -0.25) is 9.69 Å². The average Bonchev–Trinajstić information content (AvgIpc) is 2.63. The van der Waals surface area contributed by atoms with Crippen LogP contribution in [0.15, 0.2) is 11.9 Å². The van der Waals surface area contributed by atoms with Gasteiger partial charge in [0.15, 0.2) is 0 Å². The number of carbonyl (C=O) groups excluding carboxylic acids is 1. The molecule has 0 saturated carbocycles. The van der Waals surface area contributed by atoms with Crippen LogP contribution in [0.5, 0.6) is 0 Å². The highest BCUT2D eigenvalue weighted by Crippen LogP contribution is 2.19. The molecule has 2 rings (SSSR count). The van der Waals surface area contributed by atoms with E-state index in [1.165, 1.54) is 0 Å². The van der Waals surface area contributed by atoms with E-state index in [1.807, 2.05) is 7.05 Å². The van der Waals surface area contributed by atoms with Gasteiger partial charge in [-0.25, -0.2) is 4.39 Å². The lowest BCUT2D eigenvalue weighted by Gasteiger charge is -2.29. The quantitative estimate of drug-likeness (QED) is 0.651. The van der Waals surface area contributed by atoms with E-state index in [-0.39, 0.29) is 24.3 Å². The van der Waals surface area contributed by atoms with Gasteiger partial charge in [0, 0.05) is 6.54 Å². The van der Waals surface area contributed by atoms with Crippen LogP contribution in [0, 0.1) is 0 Å². The molecule has 0 aliphatic carbocycles. The van der Waals surface area contributed by atoms with Crippen molar-refractivity contribution in [3.05, 3.63) is 11.9 Å². The minimum absolute atomic E-state index is 0.0177. The molecular formula is C11H17FN2O. The zero-order valence-electron chi connectivity index (χ0n) is 9.08. The van der Waals surface area contributed by atoms with Gasteiger partial charge in [0.1, 0.15) is 5.83 Å². The molecule has 0 spiro atoms. The zero-order valence-corrected chi connectivity index (χ0v) is 9.08. The number of amides is 1. The van der Waals surface area contributed by atoms with E-state index in [9.17, 15) is 9.18 Å². The maximum absolute atomic E-state index is 13.0. The molecule has 1 amide bonds. The summed E-state index contributed by atoms with van der Waals surface area (Å²) in [7, 11) is 1.96. The molecule has 3 nitrogen and oxygen atoms in total. The van der Waals surface area contributed by atoms with Gasteiger partial charge in [-0.05, 0) is 38.9 Å². The number of rotatable bonds is 1. The molecule has 0 aromatic carbocycles. The second-order valence-corrected chi connectivity index (χ2v) is 4.34. The fourth-order valence-electron chi connectivity index (χ4n) is 2.32. The van der Waals surface area contributed by atoms with E-state index in [0.29, 0.717) is 13.0 Å². The van der Waals surface area contributed by atoms with Crippen molar-refractivity contribution >= 4 is 5.91 Å². The highest BCUT2D eigenvalue weighted by Gasteiger charge is 2.32. The predicted molar refractivity (Wildman–Crippen MR) is 56.0 cm³/mol. The topological polar surface area (TPSA) is 23.6 Å². The molecule has 0 unspecified atom stereocenters. The Kier molecular flexibility index (Phi) is 3.05. The molecule has 15 heavy (non-hydrogen) atoms. The third kappa shape index (κ3) is 2.20. The Hall–Kier alpha value is -0.900. The summed E-state index contributed by atoms with van der Waals surface area (Å²) in [5.41, 5.74) is 0. The molecule has 1 saturated heterocycles. The van der Waals surface area contributed by atoms with Crippen LogP contribution in [0.1, 0.15) is 19.3 Å². The van der Waals surface area contributed by atoms with Crippen LogP contribution in [0.2, 0.25) is 0 Å². The molecule has 0 N–H and O–H groups in total. The van der Waals surface area contributed by atoms with Gasteiger partial charge in [-0.15, -0.1) is 0 Å². The van der Waals surface area contributed by atoms with Crippen LogP contribution in [0.3, 0.4) is 0 Å². The fraction of sp³-hybridized carbons (Fsp3) is 0.727. The Bertz CT molecular complexity index is 290. The monoisotopic (exact) mass is 212 g/mol. The van der Waals surface area contributed by atoms with Crippen LogP contribution in [0.25, 0.3) is 0 Å². The molecule has 1 atom stereocenters. The van der Waals surface area contributed by atoms with Gasteiger partial charge >= 0.3 is 0 Å². The number of likely N-dealkylation sites (tertiary alicyclic amines) is 1. The van der Waals surface area contributed by atoms with Gasteiger partial charge in [0.2, 0.25) is 5.91 Å². The number of nitrogens with zero attached hydrogens (tertiary/aromatic N) is 2. The number of likely N-dealkylation sites (N-methyl/N-ethyl adjacent to an activating group) is 1. The maximum atomic E-state index is 13.0. The highest BCUT2D eigenvalue weighted by molar-refractivity contribution is 5.82. The first-order valence-corrected chi connectivity index (χ1v) is 5.52. The Morgan fingerprint density at radius 2 is 2.33 bits per heavy atom. The molecule has 0 aromatic rings. The number of hydrogen-bond acceptors (Lipinski definition) is 2. The Balaban J connectivity index is 1.98. The third-order valence-corrected chi connectivity index (χ3v) is 3.22. The van der Waals surface area contributed by atoms with Crippen LogP contribution in [-0.4, -0.2) is 48.4 Å². The zero-order chi connectivity index (χ0) is 10.8. The number of hydrogen-bond donors (Lipinski definition) is 0. The van der Waals surface area contributed by atoms with Crippen molar-refractivity contribution in [2.24, 2.45) is 0 Å². The van der Waals surface area contributed by atoms with E-state index in [4.69, 9.17) is 0 Å². The summed E-state index contributed by atoms with van der Waals surface area (Å²) in [5, 5.41) is 0. The summed E-state index contributed by atoms with van der Waals surface area (Å²) in [6.45, 7) is 1.81. The summed E-state index contributed by atoms with van der Waals surface area (Å²) < 4.78 is 13.0. The standard InChI is InChI=1S/C11H17FN2O/c1-13-6-3-5-10(13)11(15)14-7-2-4-9(12)8-14/h4,10H,2-3,5-8H2,1H3/t10-/m0/s1. The minimum atomic E-state index is -0.171. The van der Waals surface area contributed by atoms with Gasteiger partial charge in [0.05, 0.1) is 12.6 Å². The van der Waals surface area contributed by atoms with E-state index >= 15 is 0 Å². The van der Waals surface area contributed by atoms with Crippen LogP contribution >= 0.6 is 0 Å². The van der Waals surface area contributed by atoms with Crippen molar-refractivity contribution < 1.29 is 9.18 Å². The van der Waals surface area contributed by atoms with Crippen LogP contribution < -0.4 is 0 Å². The van der Waals surface area contributed by atoms with E-state index < -0.39 is 0 Å².